The van der Waals surface area contributed by atoms with Gasteiger partial charge in [-0.25, -0.2) is 4.98 Å². The number of hydrogen-bond acceptors (Lipinski definition) is 5. The fourth-order valence-electron chi connectivity index (χ4n) is 5.13. The predicted molar refractivity (Wildman–Crippen MR) is 120 cm³/mol. The molecule has 172 valence electrons. The van der Waals surface area contributed by atoms with E-state index < -0.39 is 0 Å². The van der Waals surface area contributed by atoms with E-state index in [2.05, 4.69) is 18.7 Å². The molecule has 31 heavy (non-hydrogen) atoms. The zero-order valence-electron chi connectivity index (χ0n) is 19.4. The summed E-state index contributed by atoms with van der Waals surface area (Å²) in [7, 11) is 0. The molecule has 1 amide bonds. The highest BCUT2D eigenvalue weighted by molar-refractivity contribution is 5.76. The molecule has 0 unspecified atom stereocenters. The van der Waals surface area contributed by atoms with Gasteiger partial charge >= 0.3 is 0 Å². The Morgan fingerprint density at radius 2 is 1.81 bits per heavy atom. The Morgan fingerprint density at radius 1 is 1.06 bits per heavy atom. The molecule has 2 fully saturated rings. The summed E-state index contributed by atoms with van der Waals surface area (Å²) in [6.07, 6.45) is 12.0. The standard InChI is InChI=1S/C25H39N3O3/c1-18(2)24-26-22-13-17-30-16-12-21(22)25(27-24)31-20-10-14-28(15-11-20)23(29)9-8-19-6-4-3-5-7-19/h18-20H,3-17H2,1-2H3. The molecule has 1 aromatic rings. The van der Waals surface area contributed by atoms with Crippen molar-refractivity contribution in [3.8, 4) is 5.88 Å². The Morgan fingerprint density at radius 3 is 2.55 bits per heavy atom. The van der Waals surface area contributed by atoms with Crippen molar-refractivity contribution in [1.82, 2.24) is 14.9 Å². The zero-order valence-corrected chi connectivity index (χ0v) is 19.4. The maximum absolute atomic E-state index is 12.7. The monoisotopic (exact) mass is 429 g/mol. The van der Waals surface area contributed by atoms with Crippen molar-refractivity contribution in [1.29, 1.82) is 0 Å². The molecule has 0 aromatic carbocycles. The Kier molecular flexibility index (Phi) is 7.81. The topological polar surface area (TPSA) is 64.5 Å². The molecule has 1 saturated heterocycles. The number of aromatic nitrogens is 2. The van der Waals surface area contributed by atoms with Crippen molar-refractivity contribution in [2.75, 3.05) is 26.3 Å². The lowest BCUT2D eigenvalue weighted by molar-refractivity contribution is -0.133. The Bertz CT molecular complexity index is 738. The normalized spacial score (nSPS) is 21.1. The Balaban J connectivity index is 1.32. The molecule has 0 spiro atoms. The number of piperidine rings is 1. The number of hydrogen-bond donors (Lipinski definition) is 0. The van der Waals surface area contributed by atoms with Gasteiger partial charge in [0.25, 0.3) is 0 Å². The SMILES string of the molecule is CC(C)c1nc2c(c(OC3CCN(C(=O)CCC4CCCCC4)CC3)n1)CCOCC2. The average Bonchev–Trinajstić information content (AvgIpc) is 3.04. The summed E-state index contributed by atoms with van der Waals surface area (Å²) in [5.74, 6) is 2.97. The van der Waals surface area contributed by atoms with E-state index in [0.29, 0.717) is 25.5 Å². The van der Waals surface area contributed by atoms with Crippen molar-refractivity contribution < 1.29 is 14.3 Å². The predicted octanol–water partition coefficient (Wildman–Crippen LogP) is 4.45. The molecule has 3 heterocycles. The molecule has 1 saturated carbocycles. The molecule has 0 N–H and O–H groups in total. The highest BCUT2D eigenvalue weighted by Crippen LogP contribution is 2.29. The van der Waals surface area contributed by atoms with Gasteiger partial charge in [-0.15, -0.1) is 0 Å². The van der Waals surface area contributed by atoms with E-state index in [9.17, 15) is 4.79 Å². The summed E-state index contributed by atoms with van der Waals surface area (Å²) in [5.41, 5.74) is 2.20. The first-order valence-corrected chi connectivity index (χ1v) is 12.5. The lowest BCUT2D eigenvalue weighted by Crippen LogP contribution is -2.42. The molecule has 4 rings (SSSR count). The first-order valence-electron chi connectivity index (χ1n) is 12.5. The van der Waals surface area contributed by atoms with Crippen molar-refractivity contribution in [2.45, 2.75) is 96.5 Å². The molecular formula is C25H39N3O3. The van der Waals surface area contributed by atoms with Crippen molar-refractivity contribution in [3.05, 3.63) is 17.1 Å². The van der Waals surface area contributed by atoms with Crippen LogP contribution in [0.25, 0.3) is 0 Å². The molecule has 1 aliphatic carbocycles. The highest BCUT2D eigenvalue weighted by Gasteiger charge is 2.27. The maximum Gasteiger partial charge on any atom is 0.222 e. The minimum absolute atomic E-state index is 0.116. The van der Waals surface area contributed by atoms with Crippen molar-refractivity contribution >= 4 is 5.91 Å². The Labute approximate surface area is 187 Å². The van der Waals surface area contributed by atoms with Gasteiger partial charge in [0.15, 0.2) is 0 Å². The first-order chi connectivity index (χ1) is 15.1. The summed E-state index contributed by atoms with van der Waals surface area (Å²) < 4.78 is 12.1. The van der Waals surface area contributed by atoms with Crippen LogP contribution in [0.4, 0.5) is 0 Å². The summed E-state index contributed by atoms with van der Waals surface area (Å²) in [5, 5.41) is 0. The molecule has 2 aliphatic heterocycles. The summed E-state index contributed by atoms with van der Waals surface area (Å²) >= 11 is 0. The van der Waals surface area contributed by atoms with E-state index in [1.807, 2.05) is 0 Å². The van der Waals surface area contributed by atoms with Gasteiger partial charge in [-0.3, -0.25) is 4.79 Å². The van der Waals surface area contributed by atoms with Gasteiger partial charge in [-0.05, 0) is 12.3 Å². The second kappa shape index (κ2) is 10.8. The van der Waals surface area contributed by atoms with Gasteiger partial charge in [0.05, 0.1) is 18.9 Å². The number of nitrogens with zero attached hydrogens (tertiary/aromatic N) is 3. The van der Waals surface area contributed by atoms with Gasteiger partial charge in [-0.2, -0.15) is 4.98 Å². The summed E-state index contributed by atoms with van der Waals surface area (Å²) in [6, 6.07) is 0. The molecule has 1 aromatic heterocycles. The lowest BCUT2D eigenvalue weighted by atomic mass is 9.86. The quantitative estimate of drug-likeness (QED) is 0.669. The van der Waals surface area contributed by atoms with Gasteiger partial charge < -0.3 is 14.4 Å². The van der Waals surface area contributed by atoms with E-state index in [0.717, 1.165) is 74.1 Å². The maximum atomic E-state index is 12.7. The summed E-state index contributed by atoms with van der Waals surface area (Å²) in [6.45, 7) is 7.24. The van der Waals surface area contributed by atoms with E-state index in [-0.39, 0.29) is 12.0 Å². The second-order valence-electron chi connectivity index (χ2n) is 9.82. The van der Waals surface area contributed by atoms with E-state index in [1.54, 1.807) is 0 Å². The van der Waals surface area contributed by atoms with E-state index >= 15 is 0 Å². The van der Waals surface area contributed by atoms with E-state index in [1.165, 1.54) is 32.1 Å². The van der Waals surface area contributed by atoms with Crippen LogP contribution < -0.4 is 4.74 Å². The highest BCUT2D eigenvalue weighted by atomic mass is 16.5. The summed E-state index contributed by atoms with van der Waals surface area (Å²) in [4.78, 5) is 24.3. The molecule has 0 bridgehead atoms. The average molecular weight is 430 g/mol. The number of ether oxygens (including phenoxy) is 2. The fourth-order valence-corrected chi connectivity index (χ4v) is 5.13. The van der Waals surface area contributed by atoms with Gasteiger partial charge in [0.1, 0.15) is 11.9 Å². The number of carbonyl (C=O) groups is 1. The number of amides is 1. The first kappa shape index (κ1) is 22.5. The molecular weight excluding hydrogens is 390 g/mol. The van der Waals surface area contributed by atoms with Crippen LogP contribution in [0.2, 0.25) is 0 Å². The third-order valence-corrected chi connectivity index (χ3v) is 7.13. The third-order valence-electron chi connectivity index (χ3n) is 7.13. The fraction of sp³-hybridized carbons (Fsp3) is 0.800. The van der Waals surface area contributed by atoms with Crippen LogP contribution in [-0.2, 0) is 22.4 Å². The van der Waals surface area contributed by atoms with Gasteiger partial charge in [-0.1, -0.05) is 46.0 Å². The largest absolute Gasteiger partial charge is 0.474 e. The van der Waals surface area contributed by atoms with Crippen LogP contribution in [0.1, 0.15) is 94.6 Å². The van der Waals surface area contributed by atoms with Crippen LogP contribution in [0.3, 0.4) is 0 Å². The molecule has 6 heteroatoms. The van der Waals surface area contributed by atoms with E-state index in [4.69, 9.17) is 19.4 Å². The number of fused-ring (bicyclic) bond motifs is 1. The zero-order chi connectivity index (χ0) is 21.6. The lowest BCUT2D eigenvalue weighted by Gasteiger charge is -2.33. The van der Waals surface area contributed by atoms with Crippen LogP contribution in [0, 0.1) is 5.92 Å². The second-order valence-corrected chi connectivity index (χ2v) is 9.82. The van der Waals surface area contributed by atoms with Gasteiger partial charge in [0.2, 0.25) is 11.8 Å². The van der Waals surface area contributed by atoms with Crippen LogP contribution in [0.15, 0.2) is 0 Å². The van der Waals surface area contributed by atoms with Crippen LogP contribution >= 0.6 is 0 Å². The molecule has 0 atom stereocenters. The van der Waals surface area contributed by atoms with Gasteiger partial charge in [0, 0.05) is 56.7 Å². The smallest absolute Gasteiger partial charge is 0.222 e. The number of rotatable bonds is 6. The molecule has 0 radical (unpaired) electrons. The molecule has 3 aliphatic rings. The van der Waals surface area contributed by atoms with Crippen molar-refractivity contribution in [3.63, 3.8) is 0 Å². The molecule has 6 nitrogen and oxygen atoms in total. The minimum Gasteiger partial charge on any atom is -0.474 e. The van der Waals surface area contributed by atoms with Crippen molar-refractivity contribution in [2.24, 2.45) is 5.92 Å². The minimum atomic E-state index is 0.116. The van der Waals surface area contributed by atoms with Crippen LogP contribution in [0.5, 0.6) is 5.88 Å². The number of likely N-dealkylation sites (tertiary alicyclic amines) is 1. The van der Waals surface area contributed by atoms with Crippen LogP contribution in [-0.4, -0.2) is 53.2 Å². The number of carbonyl (C=O) groups excluding carboxylic acids is 1. The third kappa shape index (κ3) is 5.97. The Hall–Kier alpha value is -1.69.